The summed E-state index contributed by atoms with van der Waals surface area (Å²) in [5, 5.41) is 11.0. The third-order valence-corrected chi connectivity index (χ3v) is 2.72. The first-order chi connectivity index (χ1) is 8.06. The first-order valence-electron chi connectivity index (χ1n) is 5.90. The second-order valence-corrected chi connectivity index (χ2v) is 4.15. The van der Waals surface area contributed by atoms with E-state index in [0.29, 0.717) is 6.54 Å². The summed E-state index contributed by atoms with van der Waals surface area (Å²) >= 11 is 0. The zero-order chi connectivity index (χ0) is 12.8. The number of carboxylic acids is 1. The SMILES string of the molecule is CCCCCCN1C(=O)N[C@@H](CC(=O)O)C1=O. The van der Waals surface area contributed by atoms with E-state index in [2.05, 4.69) is 12.2 Å². The van der Waals surface area contributed by atoms with Crippen molar-refractivity contribution in [3.05, 3.63) is 0 Å². The molecule has 0 bridgehead atoms. The first kappa shape index (κ1) is 13.5. The van der Waals surface area contributed by atoms with Crippen molar-refractivity contribution in [3.8, 4) is 0 Å². The predicted octanol–water partition coefficient (Wildman–Crippen LogP) is 0.962. The van der Waals surface area contributed by atoms with Crippen molar-refractivity contribution in [1.82, 2.24) is 10.2 Å². The molecule has 0 radical (unpaired) electrons. The lowest BCUT2D eigenvalue weighted by molar-refractivity contribution is -0.140. The molecule has 6 nitrogen and oxygen atoms in total. The van der Waals surface area contributed by atoms with Gasteiger partial charge in [0, 0.05) is 6.54 Å². The van der Waals surface area contributed by atoms with Crippen molar-refractivity contribution in [2.45, 2.75) is 45.1 Å². The van der Waals surface area contributed by atoms with Crippen LogP contribution < -0.4 is 5.32 Å². The molecule has 1 atom stereocenters. The van der Waals surface area contributed by atoms with Gasteiger partial charge in [-0.25, -0.2) is 4.79 Å². The van der Waals surface area contributed by atoms with Gasteiger partial charge in [0.25, 0.3) is 5.91 Å². The van der Waals surface area contributed by atoms with Crippen LogP contribution in [0.25, 0.3) is 0 Å². The summed E-state index contributed by atoms with van der Waals surface area (Å²) in [5.74, 6) is -1.51. The number of amides is 3. The average molecular weight is 242 g/mol. The Kier molecular flexibility index (Phi) is 4.93. The number of carbonyl (C=O) groups is 3. The molecule has 0 spiro atoms. The van der Waals surface area contributed by atoms with Crippen LogP contribution in [0.15, 0.2) is 0 Å². The van der Waals surface area contributed by atoms with Crippen molar-refractivity contribution in [1.29, 1.82) is 0 Å². The van der Waals surface area contributed by atoms with Gasteiger partial charge in [-0.05, 0) is 6.42 Å². The van der Waals surface area contributed by atoms with Crippen LogP contribution in [0.1, 0.15) is 39.0 Å². The predicted molar refractivity (Wildman–Crippen MR) is 60.4 cm³/mol. The van der Waals surface area contributed by atoms with Gasteiger partial charge in [0.15, 0.2) is 0 Å². The quantitative estimate of drug-likeness (QED) is 0.514. The Morgan fingerprint density at radius 3 is 2.65 bits per heavy atom. The maximum Gasteiger partial charge on any atom is 0.324 e. The van der Waals surface area contributed by atoms with Crippen molar-refractivity contribution in [3.63, 3.8) is 0 Å². The highest BCUT2D eigenvalue weighted by molar-refractivity contribution is 6.05. The monoisotopic (exact) mass is 242 g/mol. The van der Waals surface area contributed by atoms with Gasteiger partial charge in [0.1, 0.15) is 6.04 Å². The fraction of sp³-hybridized carbons (Fsp3) is 0.727. The van der Waals surface area contributed by atoms with Crippen LogP contribution >= 0.6 is 0 Å². The molecule has 2 N–H and O–H groups in total. The van der Waals surface area contributed by atoms with Gasteiger partial charge in [-0.3, -0.25) is 14.5 Å². The number of carbonyl (C=O) groups excluding carboxylic acids is 2. The summed E-state index contributed by atoms with van der Waals surface area (Å²) in [7, 11) is 0. The highest BCUT2D eigenvalue weighted by Gasteiger charge is 2.38. The van der Waals surface area contributed by atoms with Crippen LogP contribution in [0.4, 0.5) is 4.79 Å². The molecular formula is C11H18N2O4. The molecule has 1 aliphatic rings. The number of hydrogen-bond acceptors (Lipinski definition) is 3. The van der Waals surface area contributed by atoms with Gasteiger partial charge < -0.3 is 10.4 Å². The van der Waals surface area contributed by atoms with Gasteiger partial charge in [0.2, 0.25) is 0 Å². The summed E-state index contributed by atoms with van der Waals surface area (Å²) in [6.45, 7) is 2.46. The number of imide groups is 1. The minimum atomic E-state index is -1.09. The highest BCUT2D eigenvalue weighted by atomic mass is 16.4. The first-order valence-corrected chi connectivity index (χ1v) is 5.90. The van der Waals surface area contributed by atoms with Crippen molar-refractivity contribution in [2.24, 2.45) is 0 Å². The normalized spacial score (nSPS) is 19.6. The number of rotatable bonds is 7. The number of nitrogens with one attached hydrogen (secondary N) is 1. The van der Waals surface area contributed by atoms with E-state index < -0.39 is 23.9 Å². The number of nitrogens with zero attached hydrogens (tertiary/aromatic N) is 1. The summed E-state index contributed by atoms with van der Waals surface area (Å²) in [4.78, 5) is 34.7. The minimum absolute atomic E-state index is 0.351. The van der Waals surface area contributed by atoms with E-state index in [4.69, 9.17) is 5.11 Å². The molecule has 1 saturated heterocycles. The molecule has 1 aliphatic heterocycles. The third-order valence-electron chi connectivity index (χ3n) is 2.72. The molecule has 1 fully saturated rings. The number of aliphatic carboxylic acids is 1. The van der Waals surface area contributed by atoms with E-state index >= 15 is 0 Å². The van der Waals surface area contributed by atoms with Gasteiger partial charge in [0.05, 0.1) is 6.42 Å². The molecule has 0 aromatic rings. The molecule has 0 aromatic heterocycles. The lowest BCUT2D eigenvalue weighted by Gasteiger charge is -2.12. The lowest BCUT2D eigenvalue weighted by Crippen LogP contribution is -2.33. The lowest BCUT2D eigenvalue weighted by atomic mass is 10.2. The smallest absolute Gasteiger partial charge is 0.324 e. The van der Waals surface area contributed by atoms with Crippen molar-refractivity contribution < 1.29 is 19.5 Å². The zero-order valence-electron chi connectivity index (χ0n) is 9.94. The van der Waals surface area contributed by atoms with Gasteiger partial charge in [-0.15, -0.1) is 0 Å². The minimum Gasteiger partial charge on any atom is -0.481 e. The van der Waals surface area contributed by atoms with E-state index in [0.717, 1.165) is 30.6 Å². The molecule has 6 heteroatoms. The van der Waals surface area contributed by atoms with Crippen LogP contribution in [0.5, 0.6) is 0 Å². The Hall–Kier alpha value is -1.59. The van der Waals surface area contributed by atoms with Gasteiger partial charge >= 0.3 is 12.0 Å². The van der Waals surface area contributed by atoms with Crippen LogP contribution in [-0.2, 0) is 9.59 Å². The number of hydrogen-bond donors (Lipinski definition) is 2. The van der Waals surface area contributed by atoms with Gasteiger partial charge in [-0.1, -0.05) is 26.2 Å². The second-order valence-electron chi connectivity index (χ2n) is 4.15. The molecule has 1 rings (SSSR count). The molecule has 0 aromatic carbocycles. The number of urea groups is 1. The molecule has 17 heavy (non-hydrogen) atoms. The maximum atomic E-state index is 11.7. The van der Waals surface area contributed by atoms with E-state index in [-0.39, 0.29) is 6.42 Å². The zero-order valence-corrected chi connectivity index (χ0v) is 9.94. The summed E-state index contributed by atoms with van der Waals surface area (Å²) < 4.78 is 0. The standard InChI is InChI=1S/C11H18N2O4/c1-2-3-4-5-6-13-10(16)8(7-9(14)15)12-11(13)17/h8H,2-7H2,1H3,(H,12,17)(H,14,15)/t8-/m0/s1. The largest absolute Gasteiger partial charge is 0.481 e. The van der Waals surface area contributed by atoms with Crippen LogP contribution in [0.2, 0.25) is 0 Å². The average Bonchev–Trinajstić information content (AvgIpc) is 2.50. The molecule has 96 valence electrons. The summed E-state index contributed by atoms with van der Waals surface area (Å²) in [6, 6.07) is -1.37. The number of carboxylic acid groups (broad SMARTS) is 1. The molecule has 0 aliphatic carbocycles. The topological polar surface area (TPSA) is 86.7 Å². The second kappa shape index (κ2) is 6.22. The summed E-state index contributed by atoms with van der Waals surface area (Å²) in [5.41, 5.74) is 0. The molecule has 0 saturated carbocycles. The van der Waals surface area contributed by atoms with E-state index in [1.54, 1.807) is 0 Å². The Morgan fingerprint density at radius 2 is 2.06 bits per heavy atom. The van der Waals surface area contributed by atoms with Crippen LogP contribution in [-0.4, -0.2) is 40.5 Å². The Labute approximate surface area is 100.0 Å². The van der Waals surface area contributed by atoms with E-state index in [1.165, 1.54) is 0 Å². The van der Waals surface area contributed by atoms with Crippen LogP contribution in [0.3, 0.4) is 0 Å². The van der Waals surface area contributed by atoms with E-state index in [1.807, 2.05) is 0 Å². The summed E-state index contributed by atoms with van der Waals surface area (Å²) in [6.07, 6.45) is 3.55. The molecule has 1 heterocycles. The Morgan fingerprint density at radius 1 is 1.35 bits per heavy atom. The molecule has 0 unspecified atom stereocenters. The fourth-order valence-corrected chi connectivity index (χ4v) is 1.80. The Bertz CT molecular complexity index is 317. The maximum absolute atomic E-state index is 11.7. The van der Waals surface area contributed by atoms with Crippen molar-refractivity contribution in [2.75, 3.05) is 6.54 Å². The van der Waals surface area contributed by atoms with Crippen LogP contribution in [0, 0.1) is 0 Å². The Balaban J connectivity index is 2.42. The van der Waals surface area contributed by atoms with E-state index in [9.17, 15) is 14.4 Å². The van der Waals surface area contributed by atoms with Gasteiger partial charge in [-0.2, -0.15) is 0 Å². The molecular weight excluding hydrogens is 224 g/mol. The third kappa shape index (κ3) is 3.72. The highest BCUT2D eigenvalue weighted by Crippen LogP contribution is 2.11. The van der Waals surface area contributed by atoms with Crippen molar-refractivity contribution >= 4 is 17.9 Å². The number of unbranched alkanes of at least 4 members (excludes halogenated alkanes) is 3. The fourth-order valence-electron chi connectivity index (χ4n) is 1.80. The molecule has 3 amide bonds.